The number of ether oxygens (including phenoxy) is 2. The van der Waals surface area contributed by atoms with Crippen LogP contribution in [0.4, 0.5) is 5.82 Å². The number of aromatic nitrogens is 4. The second-order valence-electron chi connectivity index (χ2n) is 11.3. The number of nitrogens with two attached hydrogens (primary N) is 2. The van der Waals surface area contributed by atoms with Gasteiger partial charge in [0.1, 0.15) is 48.8 Å². The number of hydrogen-bond acceptors (Lipinski definition) is 19. The van der Waals surface area contributed by atoms with Gasteiger partial charge in [-0.2, -0.15) is 0 Å². The molecule has 258 valence electrons. The fourth-order valence-corrected chi connectivity index (χ4v) is 8.34. The fraction of sp³-hybridized carbons (Fsp3) is 0.682. The SMILES string of the molecule is Nc1ncnc2c1ncn2C1OC2COP(=O)(O)OC3C(CO)C(COP(=O)(O)OC2C1CO)OC3N1C=NC2C(=O)NC(N)NC21. The van der Waals surface area contributed by atoms with Crippen LogP contribution in [0.5, 0.6) is 0 Å². The van der Waals surface area contributed by atoms with E-state index in [0.29, 0.717) is 0 Å². The first-order valence-electron chi connectivity index (χ1n) is 14.3. The van der Waals surface area contributed by atoms with Gasteiger partial charge >= 0.3 is 15.6 Å². The lowest BCUT2D eigenvalue weighted by molar-refractivity contribution is -0.130. The van der Waals surface area contributed by atoms with E-state index in [9.17, 15) is 33.9 Å². The molecule has 0 aliphatic carbocycles. The van der Waals surface area contributed by atoms with E-state index in [1.165, 1.54) is 28.5 Å². The molecule has 0 radical (unpaired) electrons. The normalized spacial score (nSPS) is 44.0. The largest absolute Gasteiger partial charge is 0.472 e. The summed E-state index contributed by atoms with van der Waals surface area (Å²) in [5.74, 6) is -2.62. The first-order valence-corrected chi connectivity index (χ1v) is 17.3. The van der Waals surface area contributed by atoms with E-state index >= 15 is 0 Å². The molecule has 25 heteroatoms. The van der Waals surface area contributed by atoms with E-state index < -0.39 is 115 Å². The first kappa shape index (κ1) is 32.8. The minimum absolute atomic E-state index is 0.0681. The van der Waals surface area contributed by atoms with Crippen LogP contribution in [0.2, 0.25) is 0 Å². The predicted octanol–water partition coefficient (Wildman–Crippen LogP) is -3.73. The van der Waals surface area contributed by atoms with Gasteiger partial charge in [0.2, 0.25) is 0 Å². The van der Waals surface area contributed by atoms with Gasteiger partial charge in [0.05, 0.1) is 51.1 Å². The Kier molecular flexibility index (Phi) is 8.59. The molecule has 2 aromatic heterocycles. The van der Waals surface area contributed by atoms with E-state index in [2.05, 4.69) is 30.6 Å². The number of carbonyl (C=O) groups excluding carboxylic acids is 1. The lowest BCUT2D eigenvalue weighted by atomic mass is 9.99. The standard InChI is InChI=1S/C22H32N10O13P2/c23-16-12-17(26-5-25-16)31(6-27-12)20-9(2-34)14-11(43-20)4-41-47(38,39)45-15-8(1-33)10(3-40-46(36,37)44-14)42-21(15)32-7-28-13-18(32)29-22(24)30-19(13)35/h5-11,13-15,18,20-22,29,33-34H,1-4,24H2,(H,30,35)(H,36,37)(H,38,39)(H2,23,25,26). The zero-order valence-corrected chi connectivity index (χ0v) is 25.9. The molecule has 13 unspecified atom stereocenters. The summed E-state index contributed by atoms with van der Waals surface area (Å²) >= 11 is 0. The second kappa shape index (κ2) is 12.3. The van der Waals surface area contributed by atoms with Crippen LogP contribution in [-0.4, -0.2) is 132 Å². The van der Waals surface area contributed by atoms with Gasteiger partial charge in [-0.1, -0.05) is 0 Å². The third-order valence-corrected chi connectivity index (χ3v) is 10.5. The molecule has 5 aliphatic heterocycles. The van der Waals surface area contributed by atoms with E-state index in [-0.39, 0.29) is 17.0 Å². The van der Waals surface area contributed by atoms with E-state index in [4.69, 9.17) is 39.0 Å². The summed E-state index contributed by atoms with van der Waals surface area (Å²) < 4.78 is 62.0. The monoisotopic (exact) mass is 706 g/mol. The van der Waals surface area contributed by atoms with Crippen LogP contribution in [0.3, 0.4) is 0 Å². The Morgan fingerprint density at radius 3 is 2.36 bits per heavy atom. The van der Waals surface area contributed by atoms with Crippen molar-refractivity contribution < 1.29 is 61.5 Å². The zero-order chi connectivity index (χ0) is 33.2. The summed E-state index contributed by atoms with van der Waals surface area (Å²) in [6, 6.07) is -0.963. The number of phosphoric ester groups is 2. The van der Waals surface area contributed by atoms with Crippen molar-refractivity contribution in [3.63, 3.8) is 0 Å². The Hall–Kier alpha value is -2.73. The Morgan fingerprint density at radius 1 is 0.957 bits per heavy atom. The number of amides is 1. The third-order valence-electron chi connectivity index (χ3n) is 8.55. The Labute approximate surface area is 264 Å². The van der Waals surface area contributed by atoms with Crippen LogP contribution in [0, 0.1) is 11.8 Å². The van der Waals surface area contributed by atoms with Gasteiger partial charge in [0.25, 0.3) is 5.91 Å². The number of nitrogens with one attached hydrogen (secondary N) is 2. The van der Waals surface area contributed by atoms with Crippen LogP contribution in [0.15, 0.2) is 17.6 Å². The maximum Gasteiger partial charge on any atom is 0.472 e. The molecular formula is C22H32N10O13P2. The smallest absolute Gasteiger partial charge is 0.396 e. The summed E-state index contributed by atoms with van der Waals surface area (Å²) in [5, 5.41) is 26.1. The van der Waals surface area contributed by atoms with Gasteiger partial charge in [0.15, 0.2) is 23.7 Å². The second-order valence-corrected chi connectivity index (χ2v) is 14.1. The molecule has 4 fully saturated rings. The Morgan fingerprint density at radius 2 is 1.64 bits per heavy atom. The molecular weight excluding hydrogens is 674 g/mol. The average Bonchev–Trinajstić information content (AvgIpc) is 3.78. The highest BCUT2D eigenvalue weighted by Crippen LogP contribution is 2.54. The van der Waals surface area contributed by atoms with Crippen molar-refractivity contribution in [1.82, 2.24) is 35.1 Å². The Bertz CT molecular complexity index is 1650. The number of nitrogens with zero attached hydrogens (tertiary/aromatic N) is 6. The maximum atomic E-state index is 13.4. The summed E-state index contributed by atoms with van der Waals surface area (Å²) in [4.78, 5) is 52.0. The number of hydrogen-bond donors (Lipinski definition) is 8. The molecule has 0 aromatic carbocycles. The average molecular weight is 707 g/mol. The van der Waals surface area contributed by atoms with Gasteiger partial charge in [-0.15, -0.1) is 0 Å². The molecule has 2 bridgehead atoms. The Balaban J connectivity index is 1.19. The molecule has 2 aromatic rings. The van der Waals surface area contributed by atoms with Crippen LogP contribution in [-0.2, 0) is 41.5 Å². The van der Waals surface area contributed by atoms with Crippen molar-refractivity contribution in [2.45, 2.75) is 55.4 Å². The van der Waals surface area contributed by atoms with Gasteiger partial charge in [0, 0.05) is 5.92 Å². The predicted molar refractivity (Wildman–Crippen MR) is 152 cm³/mol. The highest BCUT2D eigenvalue weighted by molar-refractivity contribution is 7.47. The van der Waals surface area contributed by atoms with Crippen LogP contribution in [0.1, 0.15) is 6.23 Å². The molecule has 10 N–H and O–H groups in total. The quantitative estimate of drug-likeness (QED) is 0.142. The lowest BCUT2D eigenvalue weighted by Crippen LogP contribution is -2.70. The number of carbonyl (C=O) groups is 1. The highest BCUT2D eigenvalue weighted by Gasteiger charge is 2.56. The molecule has 7 rings (SSSR count). The number of rotatable bonds is 4. The van der Waals surface area contributed by atoms with Gasteiger partial charge < -0.3 is 45.4 Å². The number of anilines is 1. The highest BCUT2D eigenvalue weighted by atomic mass is 31.2. The molecule has 23 nitrogen and oxygen atoms in total. The number of imidazole rings is 1. The number of phosphoric acid groups is 2. The maximum absolute atomic E-state index is 13.4. The van der Waals surface area contributed by atoms with E-state index in [1.807, 2.05) is 0 Å². The molecule has 0 saturated carbocycles. The zero-order valence-electron chi connectivity index (χ0n) is 24.1. The number of aliphatic hydroxyl groups excluding tert-OH is 2. The van der Waals surface area contributed by atoms with Crippen molar-refractivity contribution in [1.29, 1.82) is 0 Å². The fourth-order valence-electron chi connectivity index (χ4n) is 6.38. The van der Waals surface area contributed by atoms with Crippen molar-refractivity contribution in [2.75, 3.05) is 32.2 Å². The molecule has 7 heterocycles. The molecule has 4 saturated heterocycles. The first-order chi connectivity index (χ1) is 22.4. The van der Waals surface area contributed by atoms with Crippen LogP contribution >= 0.6 is 15.6 Å². The topological polar surface area (TPSA) is 323 Å². The van der Waals surface area contributed by atoms with E-state index in [0.717, 1.165) is 0 Å². The third kappa shape index (κ3) is 5.95. The molecule has 1 amide bonds. The van der Waals surface area contributed by atoms with Crippen LogP contribution < -0.4 is 22.1 Å². The lowest BCUT2D eigenvalue weighted by Gasteiger charge is -2.39. The molecule has 13 atom stereocenters. The number of fused-ring (bicyclic) bond motifs is 5. The summed E-state index contributed by atoms with van der Waals surface area (Å²) in [6.45, 7) is -2.75. The summed E-state index contributed by atoms with van der Waals surface area (Å²) in [6.07, 6.45) is -5.94. The number of nitrogen functional groups attached to an aromatic ring is 1. The van der Waals surface area contributed by atoms with Gasteiger partial charge in [-0.05, 0) is 0 Å². The molecule has 5 aliphatic rings. The minimum atomic E-state index is -5.04. The van der Waals surface area contributed by atoms with Crippen LogP contribution in [0.25, 0.3) is 11.2 Å². The van der Waals surface area contributed by atoms with E-state index in [1.54, 1.807) is 0 Å². The van der Waals surface area contributed by atoms with Crippen molar-refractivity contribution >= 4 is 44.9 Å². The summed E-state index contributed by atoms with van der Waals surface area (Å²) in [5.41, 5.74) is 12.2. The van der Waals surface area contributed by atoms with Gasteiger partial charge in [-0.25, -0.2) is 24.1 Å². The number of aliphatic imine (C=N–C) groups is 1. The minimum Gasteiger partial charge on any atom is -0.396 e. The molecule has 47 heavy (non-hydrogen) atoms. The van der Waals surface area contributed by atoms with Crippen molar-refractivity contribution in [3.05, 3.63) is 12.7 Å². The number of aliphatic hydroxyl groups is 2. The summed E-state index contributed by atoms with van der Waals surface area (Å²) in [7, 11) is -10.0. The van der Waals surface area contributed by atoms with Gasteiger partial charge in [-0.3, -0.25) is 43.5 Å². The molecule has 0 spiro atoms. The van der Waals surface area contributed by atoms with Crippen molar-refractivity contribution in [3.8, 4) is 0 Å². The van der Waals surface area contributed by atoms with Crippen molar-refractivity contribution in [2.24, 2.45) is 22.6 Å².